The lowest BCUT2D eigenvalue weighted by molar-refractivity contribution is -0.144. The van der Waals surface area contributed by atoms with Crippen LogP contribution < -0.4 is 5.73 Å². The number of carbonyl (C=O) groups excluding carboxylic acids is 1. The number of nitrogens with zero attached hydrogens (tertiary/aromatic N) is 4. The van der Waals surface area contributed by atoms with Crippen LogP contribution in [0, 0.1) is 12.3 Å². The lowest BCUT2D eigenvalue weighted by Crippen LogP contribution is -2.54. The molecule has 7 nitrogen and oxygen atoms in total. The van der Waals surface area contributed by atoms with Gasteiger partial charge in [0.15, 0.2) is 5.82 Å². The van der Waals surface area contributed by atoms with Crippen molar-refractivity contribution in [2.45, 2.75) is 40.2 Å². The molecule has 0 aliphatic carbocycles. The average Bonchev–Trinajstić information content (AvgIpc) is 2.95. The Balaban J connectivity index is 0.00000264. The highest BCUT2D eigenvalue weighted by Crippen LogP contribution is 2.28. The number of nitrogens with two attached hydrogens (primary N) is 1. The molecule has 0 unspecified atom stereocenters. The third kappa shape index (κ3) is 5.05. The summed E-state index contributed by atoms with van der Waals surface area (Å²) in [5.41, 5.74) is 5.49. The highest BCUT2D eigenvalue weighted by Gasteiger charge is 2.37. The van der Waals surface area contributed by atoms with Gasteiger partial charge in [0.25, 0.3) is 0 Å². The molecular weight excluding hydrogens is 353 g/mol. The Hall–Kier alpha value is -0.890. The zero-order chi connectivity index (χ0) is 16.2. The molecule has 1 saturated heterocycles. The Morgan fingerprint density at radius 3 is 2.21 bits per heavy atom. The van der Waals surface area contributed by atoms with Gasteiger partial charge in [0, 0.05) is 39.6 Å². The first-order valence-corrected chi connectivity index (χ1v) is 8.05. The molecule has 0 radical (unpaired) electrons. The van der Waals surface area contributed by atoms with Gasteiger partial charge in [-0.25, -0.2) is 0 Å². The first-order valence-electron chi connectivity index (χ1n) is 8.05. The molecule has 0 atom stereocenters. The summed E-state index contributed by atoms with van der Waals surface area (Å²) < 4.78 is 4.99. The highest BCUT2D eigenvalue weighted by molar-refractivity contribution is 5.85. The van der Waals surface area contributed by atoms with Crippen LogP contribution in [0.15, 0.2) is 4.52 Å². The molecule has 0 bridgehead atoms. The molecule has 2 rings (SSSR count). The van der Waals surface area contributed by atoms with Gasteiger partial charge in [-0.3, -0.25) is 9.69 Å². The summed E-state index contributed by atoms with van der Waals surface area (Å²) in [5.74, 6) is 1.49. The van der Waals surface area contributed by atoms with E-state index >= 15 is 0 Å². The zero-order valence-electron chi connectivity index (χ0n) is 14.7. The van der Waals surface area contributed by atoms with E-state index in [9.17, 15) is 4.79 Å². The van der Waals surface area contributed by atoms with Crippen molar-refractivity contribution in [3.8, 4) is 0 Å². The number of hydrogen-bond acceptors (Lipinski definition) is 6. The average molecular weight is 382 g/mol. The number of piperazine rings is 1. The third-order valence-electron chi connectivity index (χ3n) is 4.79. The predicted octanol–water partition coefficient (Wildman–Crippen LogP) is 1.63. The van der Waals surface area contributed by atoms with Crippen LogP contribution in [-0.4, -0.2) is 58.6 Å². The van der Waals surface area contributed by atoms with Gasteiger partial charge in [-0.2, -0.15) is 4.98 Å². The Morgan fingerprint density at radius 1 is 1.21 bits per heavy atom. The molecule has 0 aromatic carbocycles. The summed E-state index contributed by atoms with van der Waals surface area (Å²) in [6.45, 7) is 10.1. The van der Waals surface area contributed by atoms with E-state index in [1.54, 1.807) is 6.92 Å². The second-order valence-corrected chi connectivity index (χ2v) is 5.99. The maximum Gasteiger partial charge on any atom is 0.230 e. The minimum absolute atomic E-state index is 0. The van der Waals surface area contributed by atoms with Crippen molar-refractivity contribution in [3.63, 3.8) is 0 Å². The minimum Gasteiger partial charge on any atom is -0.340 e. The van der Waals surface area contributed by atoms with Gasteiger partial charge in [0.1, 0.15) is 0 Å². The number of amides is 1. The summed E-state index contributed by atoms with van der Waals surface area (Å²) in [7, 11) is 0. The topological polar surface area (TPSA) is 88.5 Å². The van der Waals surface area contributed by atoms with Gasteiger partial charge in [0.2, 0.25) is 11.8 Å². The van der Waals surface area contributed by atoms with E-state index in [1.807, 2.05) is 18.7 Å². The van der Waals surface area contributed by atoms with E-state index in [4.69, 9.17) is 10.3 Å². The van der Waals surface area contributed by atoms with Crippen molar-refractivity contribution in [1.82, 2.24) is 19.9 Å². The first kappa shape index (κ1) is 23.1. The summed E-state index contributed by atoms with van der Waals surface area (Å²) >= 11 is 0. The molecule has 1 aromatic heterocycles. The van der Waals surface area contributed by atoms with Gasteiger partial charge in [-0.15, -0.1) is 24.8 Å². The molecule has 2 N–H and O–H groups in total. The fourth-order valence-electron chi connectivity index (χ4n) is 2.98. The van der Waals surface area contributed by atoms with Gasteiger partial charge in [0.05, 0.1) is 12.0 Å². The van der Waals surface area contributed by atoms with Crippen LogP contribution in [0.2, 0.25) is 0 Å². The first-order chi connectivity index (χ1) is 10.5. The van der Waals surface area contributed by atoms with Gasteiger partial charge >= 0.3 is 0 Å². The van der Waals surface area contributed by atoms with Crippen molar-refractivity contribution in [3.05, 3.63) is 11.7 Å². The molecule has 140 valence electrons. The van der Waals surface area contributed by atoms with Crippen LogP contribution in [0.1, 0.15) is 38.4 Å². The van der Waals surface area contributed by atoms with Crippen molar-refractivity contribution >= 4 is 30.7 Å². The highest BCUT2D eigenvalue weighted by atomic mass is 35.5. The number of hydrogen-bond donors (Lipinski definition) is 1. The van der Waals surface area contributed by atoms with E-state index in [0.29, 0.717) is 24.8 Å². The molecule has 1 aromatic rings. The molecule has 0 spiro atoms. The third-order valence-corrected chi connectivity index (χ3v) is 4.79. The Kier molecular flexibility index (Phi) is 9.80. The van der Waals surface area contributed by atoms with Crippen molar-refractivity contribution < 1.29 is 9.32 Å². The molecule has 1 aliphatic rings. The lowest BCUT2D eigenvalue weighted by atomic mass is 9.81. The van der Waals surface area contributed by atoms with Crippen molar-refractivity contribution in [2.24, 2.45) is 11.1 Å². The molecule has 2 heterocycles. The summed E-state index contributed by atoms with van der Waals surface area (Å²) in [6.07, 6.45) is 1.59. The fourth-order valence-corrected chi connectivity index (χ4v) is 2.98. The lowest BCUT2D eigenvalue weighted by Gasteiger charge is -2.40. The van der Waals surface area contributed by atoms with Crippen LogP contribution in [0.4, 0.5) is 0 Å². The number of rotatable bonds is 6. The van der Waals surface area contributed by atoms with Crippen LogP contribution in [0.3, 0.4) is 0 Å². The van der Waals surface area contributed by atoms with E-state index in [0.717, 1.165) is 39.0 Å². The summed E-state index contributed by atoms with van der Waals surface area (Å²) in [4.78, 5) is 21.2. The van der Waals surface area contributed by atoms with Crippen LogP contribution in [-0.2, 0) is 11.3 Å². The molecular formula is C15H29Cl2N5O2. The molecule has 0 saturated carbocycles. The minimum atomic E-state index is -0.396. The quantitative estimate of drug-likeness (QED) is 0.805. The molecule has 9 heteroatoms. The zero-order valence-corrected chi connectivity index (χ0v) is 16.3. The maximum absolute atomic E-state index is 12.8. The fraction of sp³-hybridized carbons (Fsp3) is 0.800. The van der Waals surface area contributed by atoms with Crippen molar-refractivity contribution in [1.29, 1.82) is 0 Å². The second-order valence-electron chi connectivity index (χ2n) is 5.99. The second kappa shape index (κ2) is 10.2. The normalized spacial score (nSPS) is 15.6. The van der Waals surface area contributed by atoms with E-state index in [1.165, 1.54) is 0 Å². The van der Waals surface area contributed by atoms with Crippen LogP contribution in [0.5, 0.6) is 0 Å². The Labute approximate surface area is 156 Å². The molecule has 1 amide bonds. The van der Waals surface area contributed by atoms with E-state index in [-0.39, 0.29) is 30.7 Å². The number of aryl methyl sites for hydroxylation is 1. The summed E-state index contributed by atoms with van der Waals surface area (Å²) in [6, 6.07) is 0. The van der Waals surface area contributed by atoms with Crippen molar-refractivity contribution in [2.75, 3.05) is 32.7 Å². The maximum atomic E-state index is 12.8. The monoisotopic (exact) mass is 381 g/mol. The SMILES string of the molecule is CCC(CC)(CN)C(=O)N1CCN(Cc2noc(C)n2)CC1.Cl.Cl. The standard InChI is InChI=1S/C15H27N5O2.2ClH/c1-4-15(5-2,11-16)14(21)20-8-6-19(7-9-20)10-13-17-12(3)22-18-13;;/h4-11,16H2,1-3H3;2*1H. The van der Waals surface area contributed by atoms with Gasteiger partial charge < -0.3 is 15.2 Å². The molecule has 1 fully saturated rings. The van der Waals surface area contributed by atoms with E-state index < -0.39 is 5.41 Å². The number of halogens is 2. The smallest absolute Gasteiger partial charge is 0.230 e. The van der Waals surface area contributed by atoms with Crippen LogP contribution >= 0.6 is 24.8 Å². The largest absolute Gasteiger partial charge is 0.340 e. The van der Waals surface area contributed by atoms with Gasteiger partial charge in [-0.05, 0) is 12.8 Å². The Morgan fingerprint density at radius 2 is 1.79 bits per heavy atom. The molecule has 24 heavy (non-hydrogen) atoms. The molecule has 1 aliphatic heterocycles. The number of carbonyl (C=O) groups is 1. The Bertz CT molecular complexity index is 492. The predicted molar refractivity (Wildman–Crippen MR) is 97.5 cm³/mol. The van der Waals surface area contributed by atoms with Crippen LogP contribution in [0.25, 0.3) is 0 Å². The van der Waals surface area contributed by atoms with Gasteiger partial charge in [-0.1, -0.05) is 19.0 Å². The summed E-state index contributed by atoms with van der Waals surface area (Å²) in [5, 5.41) is 3.92. The van der Waals surface area contributed by atoms with E-state index in [2.05, 4.69) is 15.0 Å². The number of aromatic nitrogens is 2.